The van der Waals surface area contributed by atoms with Crippen molar-refractivity contribution in [3.63, 3.8) is 0 Å². The molecule has 0 saturated carbocycles. The fourth-order valence-corrected chi connectivity index (χ4v) is 5.87. The zero-order valence-electron chi connectivity index (χ0n) is 18.2. The average molecular weight is 451 g/mol. The lowest BCUT2D eigenvalue weighted by atomic mass is 9.76. The molecule has 3 heterocycles. The summed E-state index contributed by atoms with van der Waals surface area (Å²) in [5, 5.41) is 4.37. The van der Waals surface area contributed by atoms with Crippen molar-refractivity contribution in [3.05, 3.63) is 82.2 Å². The maximum absolute atomic E-state index is 6.48. The molecule has 2 aromatic heterocycles. The summed E-state index contributed by atoms with van der Waals surface area (Å²) in [4.78, 5) is 9.38. The van der Waals surface area contributed by atoms with E-state index in [4.69, 9.17) is 16.6 Å². The van der Waals surface area contributed by atoms with Crippen LogP contribution in [-0.2, 0) is 13.0 Å². The number of fused-ring (bicyclic) bond motifs is 2. The Bertz CT molecular complexity index is 1040. The van der Waals surface area contributed by atoms with Gasteiger partial charge in [-0.1, -0.05) is 31.2 Å². The summed E-state index contributed by atoms with van der Waals surface area (Å²) in [6, 6.07) is 11.0. The summed E-state index contributed by atoms with van der Waals surface area (Å²) in [7, 11) is 0. The van der Waals surface area contributed by atoms with Gasteiger partial charge in [0.1, 0.15) is 5.82 Å². The number of rotatable bonds is 5. The van der Waals surface area contributed by atoms with Crippen LogP contribution in [0, 0.1) is 12.8 Å². The second kappa shape index (κ2) is 10.2. The van der Waals surface area contributed by atoms with Crippen molar-refractivity contribution < 1.29 is 0 Å². The van der Waals surface area contributed by atoms with Crippen LogP contribution in [0.5, 0.6) is 0 Å². The van der Waals surface area contributed by atoms with Crippen LogP contribution < -0.4 is 5.32 Å². The number of hydrogen-bond acceptors (Lipinski definition) is 3. The molecule has 2 aliphatic rings. The minimum Gasteiger partial charge on any atom is -0.335 e. The lowest BCUT2D eigenvalue weighted by Gasteiger charge is -2.32. The summed E-state index contributed by atoms with van der Waals surface area (Å²) in [5.74, 6) is 2.55. The number of imidazole rings is 1. The molecule has 4 nitrogen and oxygen atoms in total. The predicted octanol–water partition coefficient (Wildman–Crippen LogP) is 6.13. The number of nitrogens with one attached hydrogen (secondary N) is 1. The van der Waals surface area contributed by atoms with Crippen LogP contribution in [0.4, 0.5) is 0 Å². The summed E-state index contributed by atoms with van der Waals surface area (Å²) < 4.78 is 2.25. The predicted molar refractivity (Wildman–Crippen MR) is 132 cm³/mol. The number of halogens is 1. The van der Waals surface area contributed by atoms with Gasteiger partial charge >= 0.3 is 0 Å². The number of benzene rings is 1. The van der Waals surface area contributed by atoms with Gasteiger partial charge in [0.05, 0.1) is 5.69 Å². The molecular weight excluding hydrogens is 416 g/mol. The lowest BCUT2D eigenvalue weighted by molar-refractivity contribution is 0.338. The number of aromatic nitrogens is 3. The summed E-state index contributed by atoms with van der Waals surface area (Å²) >= 11 is 6.48. The summed E-state index contributed by atoms with van der Waals surface area (Å²) in [6.07, 6.45) is 11.7. The standard InChI is InChI=1S/C26H31ClN4.CH4/c1-18-29-13-15-31(18)14-3-4-20-16-21-17-22(27)6-7-23(21)25(19-8-11-28-12-9-19)26-24(20)5-2-10-30-26;/h2,5-7,10,13,15,17,19-20,25,28H,3-4,8-9,11-12,14,16H2,1H3;1H4. The number of aryl methyl sites for hydroxylation is 2. The van der Waals surface area contributed by atoms with Gasteiger partial charge in [-0.05, 0) is 98.8 Å². The second-order valence-corrected chi connectivity index (χ2v) is 9.53. The SMILES string of the molecule is C.Cc1nccn1CCCC1Cc2cc(Cl)ccc2C(C2CCNCC2)c2ncccc21. The van der Waals surface area contributed by atoms with Gasteiger partial charge in [-0.2, -0.15) is 0 Å². The Hall–Kier alpha value is -2.17. The van der Waals surface area contributed by atoms with Gasteiger partial charge < -0.3 is 9.88 Å². The van der Waals surface area contributed by atoms with E-state index in [1.54, 1.807) is 0 Å². The maximum atomic E-state index is 6.48. The third-order valence-corrected chi connectivity index (χ3v) is 7.48. The minimum absolute atomic E-state index is 0. The molecule has 1 aliphatic heterocycles. The monoisotopic (exact) mass is 450 g/mol. The van der Waals surface area contributed by atoms with Crippen LogP contribution in [0.1, 0.15) is 73.2 Å². The van der Waals surface area contributed by atoms with Crippen LogP contribution in [0.2, 0.25) is 5.02 Å². The highest BCUT2D eigenvalue weighted by atomic mass is 35.5. The third-order valence-electron chi connectivity index (χ3n) is 7.24. The zero-order chi connectivity index (χ0) is 21.2. The Morgan fingerprint density at radius 2 is 1.94 bits per heavy atom. The van der Waals surface area contributed by atoms with Crippen molar-refractivity contribution in [2.24, 2.45) is 5.92 Å². The van der Waals surface area contributed by atoms with E-state index in [0.717, 1.165) is 49.7 Å². The topological polar surface area (TPSA) is 42.7 Å². The van der Waals surface area contributed by atoms with E-state index in [2.05, 4.69) is 58.3 Å². The Morgan fingerprint density at radius 1 is 1.09 bits per heavy atom. The van der Waals surface area contributed by atoms with Crippen LogP contribution in [0.3, 0.4) is 0 Å². The first-order valence-electron chi connectivity index (χ1n) is 11.6. The molecule has 3 aromatic rings. The van der Waals surface area contributed by atoms with E-state index < -0.39 is 0 Å². The van der Waals surface area contributed by atoms with E-state index in [0.29, 0.717) is 17.8 Å². The highest BCUT2D eigenvalue weighted by Gasteiger charge is 2.35. The Morgan fingerprint density at radius 3 is 2.72 bits per heavy atom. The van der Waals surface area contributed by atoms with Gasteiger partial charge in [0.2, 0.25) is 0 Å². The first-order valence-corrected chi connectivity index (χ1v) is 12.0. The molecule has 1 N–H and O–H groups in total. The largest absolute Gasteiger partial charge is 0.335 e. The molecule has 5 rings (SSSR count). The van der Waals surface area contributed by atoms with Crippen LogP contribution in [0.15, 0.2) is 48.9 Å². The minimum atomic E-state index is 0. The molecule has 0 amide bonds. The first-order chi connectivity index (χ1) is 15.2. The lowest BCUT2D eigenvalue weighted by Crippen LogP contribution is -2.32. The van der Waals surface area contributed by atoms with Crippen molar-refractivity contribution >= 4 is 11.6 Å². The Balaban J connectivity index is 0.00000245. The van der Waals surface area contributed by atoms with E-state index >= 15 is 0 Å². The van der Waals surface area contributed by atoms with Crippen molar-refractivity contribution in [2.45, 2.75) is 64.8 Å². The molecule has 5 heteroatoms. The summed E-state index contributed by atoms with van der Waals surface area (Å²) in [6.45, 7) is 5.28. The van der Waals surface area contributed by atoms with Crippen molar-refractivity contribution in [3.8, 4) is 0 Å². The van der Waals surface area contributed by atoms with Gasteiger partial charge in [-0.25, -0.2) is 4.98 Å². The van der Waals surface area contributed by atoms with Crippen LogP contribution >= 0.6 is 11.6 Å². The van der Waals surface area contributed by atoms with Crippen LogP contribution in [-0.4, -0.2) is 27.6 Å². The third kappa shape index (κ3) is 4.62. The average Bonchev–Trinajstić information content (AvgIpc) is 3.14. The second-order valence-electron chi connectivity index (χ2n) is 9.10. The van der Waals surface area contributed by atoms with E-state index in [-0.39, 0.29) is 7.43 Å². The van der Waals surface area contributed by atoms with Gasteiger partial charge in [-0.3, -0.25) is 4.98 Å². The first kappa shape index (κ1) is 23.0. The molecule has 2 unspecified atom stereocenters. The quantitative estimate of drug-likeness (QED) is 0.508. The molecule has 170 valence electrons. The van der Waals surface area contributed by atoms with E-state index in [1.165, 1.54) is 35.2 Å². The number of hydrogen-bond donors (Lipinski definition) is 1. The molecule has 0 spiro atoms. The van der Waals surface area contributed by atoms with Gasteiger partial charge in [0, 0.05) is 36.1 Å². The molecule has 0 radical (unpaired) electrons. The van der Waals surface area contributed by atoms with Crippen molar-refractivity contribution in [1.82, 2.24) is 19.9 Å². The number of pyridine rings is 1. The normalized spacial score (nSPS) is 20.7. The van der Waals surface area contributed by atoms with Crippen LogP contribution in [0.25, 0.3) is 0 Å². The number of nitrogens with zero attached hydrogens (tertiary/aromatic N) is 3. The molecule has 32 heavy (non-hydrogen) atoms. The van der Waals surface area contributed by atoms with E-state index in [9.17, 15) is 0 Å². The molecular formula is C27H35ClN4. The summed E-state index contributed by atoms with van der Waals surface area (Å²) in [5.41, 5.74) is 5.61. The Kier molecular flexibility index (Phi) is 7.32. The fraction of sp³-hybridized carbons (Fsp3) is 0.481. The van der Waals surface area contributed by atoms with Gasteiger partial charge in [0.25, 0.3) is 0 Å². The molecule has 1 aliphatic carbocycles. The number of piperidine rings is 1. The highest BCUT2D eigenvalue weighted by molar-refractivity contribution is 6.30. The van der Waals surface area contributed by atoms with Gasteiger partial charge in [0.15, 0.2) is 0 Å². The highest BCUT2D eigenvalue weighted by Crippen LogP contribution is 2.45. The Labute approximate surface area is 197 Å². The van der Waals surface area contributed by atoms with Crippen molar-refractivity contribution in [1.29, 1.82) is 0 Å². The molecule has 1 saturated heterocycles. The van der Waals surface area contributed by atoms with Gasteiger partial charge in [-0.15, -0.1) is 0 Å². The fourth-order valence-electron chi connectivity index (χ4n) is 5.67. The van der Waals surface area contributed by atoms with E-state index in [1.807, 2.05) is 12.4 Å². The maximum Gasteiger partial charge on any atom is 0.105 e. The molecule has 1 fully saturated rings. The van der Waals surface area contributed by atoms with Crippen molar-refractivity contribution in [2.75, 3.05) is 13.1 Å². The molecule has 2 atom stereocenters. The smallest absolute Gasteiger partial charge is 0.105 e. The zero-order valence-corrected chi connectivity index (χ0v) is 19.0. The molecule has 1 aromatic carbocycles. The molecule has 0 bridgehead atoms.